The molecule has 1 amide bonds. The van der Waals surface area contributed by atoms with E-state index >= 15 is 0 Å². The van der Waals surface area contributed by atoms with E-state index < -0.39 is 5.97 Å². The Balaban J connectivity index is 3.17. The van der Waals surface area contributed by atoms with Crippen molar-refractivity contribution in [3.8, 4) is 0 Å². The van der Waals surface area contributed by atoms with Gasteiger partial charge in [0.2, 0.25) is 5.91 Å². The van der Waals surface area contributed by atoms with Crippen LogP contribution in [-0.4, -0.2) is 29.3 Å². The fourth-order valence-corrected chi connectivity index (χ4v) is 2.10. The van der Waals surface area contributed by atoms with Crippen LogP contribution in [0.25, 0.3) is 0 Å². The molecule has 118 valence electrons. The molecule has 4 nitrogen and oxygen atoms in total. The molecule has 1 atom stereocenters. The molecule has 2 N–H and O–H groups in total. The Morgan fingerprint density at radius 3 is 2.00 bits per heavy atom. The van der Waals surface area contributed by atoms with Crippen molar-refractivity contribution >= 4 is 24.5 Å². The Hall–Kier alpha value is -0.710. The van der Waals surface area contributed by atoms with Crippen LogP contribution >= 0.6 is 12.6 Å². The zero-order chi connectivity index (χ0) is 15.2. The molecule has 0 aromatic carbocycles. The fourth-order valence-electron chi connectivity index (χ4n) is 1.93. The Bertz CT molecular complexity index is 272. The lowest BCUT2D eigenvalue weighted by atomic mass is 10.1. The van der Waals surface area contributed by atoms with Crippen molar-refractivity contribution in [2.75, 3.05) is 12.3 Å². The molecule has 0 bridgehead atoms. The number of rotatable bonds is 13. The highest BCUT2D eigenvalue weighted by Crippen LogP contribution is 2.09. The lowest BCUT2D eigenvalue weighted by Crippen LogP contribution is -2.30. The summed E-state index contributed by atoms with van der Waals surface area (Å²) in [5.74, 6) is -0.0184. The Kier molecular flexibility index (Phi) is 12.8. The van der Waals surface area contributed by atoms with Crippen LogP contribution in [-0.2, 0) is 9.59 Å². The average molecular weight is 303 g/mol. The van der Waals surface area contributed by atoms with Gasteiger partial charge < -0.3 is 10.4 Å². The first-order valence-electron chi connectivity index (χ1n) is 7.68. The first-order chi connectivity index (χ1) is 9.57. The predicted octanol–water partition coefficient (Wildman–Crippen LogP) is 3.26. The van der Waals surface area contributed by atoms with E-state index in [1.165, 1.54) is 19.3 Å². The highest BCUT2D eigenvalue weighted by molar-refractivity contribution is 7.80. The predicted molar refractivity (Wildman–Crippen MR) is 85.2 cm³/mol. The first-order valence-corrected chi connectivity index (χ1v) is 8.31. The second-order valence-electron chi connectivity index (χ2n) is 5.35. The van der Waals surface area contributed by atoms with Crippen LogP contribution in [0.5, 0.6) is 0 Å². The number of unbranched alkanes of at least 4 members (excludes halogenated alkanes) is 7. The van der Waals surface area contributed by atoms with Crippen LogP contribution < -0.4 is 5.32 Å². The third-order valence-electron chi connectivity index (χ3n) is 3.34. The summed E-state index contributed by atoms with van der Waals surface area (Å²) in [5.41, 5.74) is 0. The van der Waals surface area contributed by atoms with Crippen molar-refractivity contribution < 1.29 is 14.7 Å². The smallest absolute Gasteiger partial charge is 0.303 e. The van der Waals surface area contributed by atoms with Crippen LogP contribution in [0, 0.1) is 5.92 Å². The number of carbonyl (C=O) groups is 2. The van der Waals surface area contributed by atoms with Gasteiger partial charge in [-0.15, -0.1) is 0 Å². The standard InChI is InChI=1S/C15H29NO3S/c1-13(12-20)15(19)16-11-9-7-5-3-2-4-6-8-10-14(17)18/h13,20H,2-12H2,1H3,(H,16,19)(H,17,18). The van der Waals surface area contributed by atoms with Crippen molar-refractivity contribution in [3.05, 3.63) is 0 Å². The van der Waals surface area contributed by atoms with E-state index in [1.807, 2.05) is 6.92 Å². The number of thiol groups is 1. The molecule has 0 heterocycles. The molecule has 0 aromatic heterocycles. The summed E-state index contributed by atoms with van der Waals surface area (Å²) < 4.78 is 0. The number of amides is 1. The third kappa shape index (κ3) is 12.3. The second kappa shape index (κ2) is 13.3. The van der Waals surface area contributed by atoms with Crippen LogP contribution in [0.2, 0.25) is 0 Å². The third-order valence-corrected chi connectivity index (χ3v) is 3.89. The molecule has 0 radical (unpaired) electrons. The van der Waals surface area contributed by atoms with Gasteiger partial charge in [0.05, 0.1) is 0 Å². The molecule has 0 saturated carbocycles. The number of carbonyl (C=O) groups excluding carboxylic acids is 1. The lowest BCUT2D eigenvalue weighted by molar-refractivity contribution is -0.137. The average Bonchev–Trinajstić information content (AvgIpc) is 2.43. The van der Waals surface area contributed by atoms with Gasteiger partial charge in [-0.2, -0.15) is 12.6 Å². The molecule has 0 fully saturated rings. The number of carboxylic acid groups (broad SMARTS) is 1. The summed E-state index contributed by atoms with van der Waals surface area (Å²) in [6.07, 6.45) is 8.99. The summed E-state index contributed by atoms with van der Waals surface area (Å²) in [4.78, 5) is 21.8. The molecule has 1 unspecified atom stereocenters. The van der Waals surface area contributed by atoms with E-state index in [-0.39, 0.29) is 11.8 Å². The fraction of sp³-hybridized carbons (Fsp3) is 0.867. The topological polar surface area (TPSA) is 66.4 Å². The highest BCUT2D eigenvalue weighted by atomic mass is 32.1. The minimum absolute atomic E-state index is 0.0101. The van der Waals surface area contributed by atoms with Gasteiger partial charge >= 0.3 is 5.97 Å². The monoisotopic (exact) mass is 303 g/mol. The summed E-state index contributed by atoms with van der Waals surface area (Å²) >= 11 is 4.10. The molecule has 0 rings (SSSR count). The lowest BCUT2D eigenvalue weighted by Gasteiger charge is -2.09. The van der Waals surface area contributed by atoms with Gasteiger partial charge in [-0.1, -0.05) is 45.4 Å². The zero-order valence-corrected chi connectivity index (χ0v) is 13.5. The minimum atomic E-state index is -0.695. The molecule has 20 heavy (non-hydrogen) atoms. The van der Waals surface area contributed by atoms with Gasteiger partial charge in [-0.05, 0) is 12.8 Å². The molecule has 0 aliphatic rings. The van der Waals surface area contributed by atoms with Gasteiger partial charge in [0.15, 0.2) is 0 Å². The Labute approximate surface area is 128 Å². The van der Waals surface area contributed by atoms with Gasteiger partial charge in [-0.25, -0.2) is 0 Å². The van der Waals surface area contributed by atoms with E-state index in [1.54, 1.807) is 0 Å². The van der Waals surface area contributed by atoms with Crippen molar-refractivity contribution in [1.29, 1.82) is 0 Å². The molecule has 0 aromatic rings. The van der Waals surface area contributed by atoms with Crippen LogP contribution in [0.1, 0.15) is 64.7 Å². The summed E-state index contributed by atoms with van der Waals surface area (Å²) in [6, 6.07) is 0. The Morgan fingerprint density at radius 1 is 1.00 bits per heavy atom. The number of hydrogen-bond acceptors (Lipinski definition) is 3. The van der Waals surface area contributed by atoms with Crippen molar-refractivity contribution in [1.82, 2.24) is 5.32 Å². The SMILES string of the molecule is CC(CS)C(=O)NCCCCCCCCCCC(=O)O. The maximum absolute atomic E-state index is 11.5. The Morgan fingerprint density at radius 2 is 1.50 bits per heavy atom. The van der Waals surface area contributed by atoms with Crippen molar-refractivity contribution in [2.45, 2.75) is 64.7 Å². The maximum atomic E-state index is 11.5. The number of nitrogens with one attached hydrogen (secondary N) is 1. The van der Waals surface area contributed by atoms with E-state index in [0.29, 0.717) is 12.2 Å². The molecule has 0 aliphatic carbocycles. The summed E-state index contributed by atoms with van der Waals surface area (Å²) in [5, 5.41) is 11.4. The summed E-state index contributed by atoms with van der Waals surface area (Å²) in [7, 11) is 0. The van der Waals surface area contributed by atoms with E-state index in [0.717, 1.165) is 38.6 Å². The van der Waals surface area contributed by atoms with Gasteiger partial charge in [-0.3, -0.25) is 9.59 Å². The van der Waals surface area contributed by atoms with Crippen LogP contribution in [0.15, 0.2) is 0 Å². The largest absolute Gasteiger partial charge is 0.481 e. The maximum Gasteiger partial charge on any atom is 0.303 e. The molecule has 0 saturated heterocycles. The number of hydrogen-bond donors (Lipinski definition) is 3. The summed E-state index contributed by atoms with van der Waals surface area (Å²) in [6.45, 7) is 2.64. The molecule has 0 aliphatic heterocycles. The zero-order valence-electron chi connectivity index (χ0n) is 12.6. The van der Waals surface area contributed by atoms with Gasteiger partial charge in [0, 0.05) is 24.6 Å². The quantitative estimate of drug-likeness (QED) is 0.361. The van der Waals surface area contributed by atoms with E-state index in [2.05, 4.69) is 17.9 Å². The minimum Gasteiger partial charge on any atom is -0.481 e. The van der Waals surface area contributed by atoms with Crippen molar-refractivity contribution in [2.24, 2.45) is 5.92 Å². The highest BCUT2D eigenvalue weighted by Gasteiger charge is 2.08. The molecular weight excluding hydrogens is 274 g/mol. The van der Waals surface area contributed by atoms with Crippen molar-refractivity contribution in [3.63, 3.8) is 0 Å². The van der Waals surface area contributed by atoms with Crippen LogP contribution in [0.3, 0.4) is 0 Å². The molecular formula is C15H29NO3S. The van der Waals surface area contributed by atoms with E-state index in [4.69, 9.17) is 5.11 Å². The van der Waals surface area contributed by atoms with Gasteiger partial charge in [0.25, 0.3) is 0 Å². The van der Waals surface area contributed by atoms with Gasteiger partial charge in [0.1, 0.15) is 0 Å². The number of carboxylic acids is 1. The molecule has 0 spiro atoms. The number of aliphatic carboxylic acids is 1. The van der Waals surface area contributed by atoms with E-state index in [9.17, 15) is 9.59 Å². The second-order valence-corrected chi connectivity index (χ2v) is 5.71. The normalized spacial score (nSPS) is 12.1. The molecule has 5 heteroatoms. The van der Waals surface area contributed by atoms with Crippen LogP contribution in [0.4, 0.5) is 0 Å². The first kappa shape index (κ1) is 19.3.